The number of hydrogen-bond donors (Lipinski definition) is 3. The first-order chi connectivity index (χ1) is 13.8. The molecule has 1 saturated heterocycles. The van der Waals surface area contributed by atoms with Crippen molar-refractivity contribution in [2.24, 2.45) is 11.3 Å². The molecular weight excluding hydrogens is 380 g/mol. The molecule has 5 rings (SSSR count). The summed E-state index contributed by atoms with van der Waals surface area (Å²) >= 11 is 1.65. The highest BCUT2D eigenvalue weighted by Gasteiger charge is 2.61. The summed E-state index contributed by atoms with van der Waals surface area (Å²) in [5, 5.41) is 13.5. The third-order valence-electron chi connectivity index (χ3n) is 7.52. The fourth-order valence-electron chi connectivity index (χ4n) is 5.48. The minimum Gasteiger partial charge on any atom is -0.353 e. The molecule has 2 unspecified atom stereocenters. The van der Waals surface area contributed by atoms with Gasteiger partial charge in [-0.25, -0.2) is 0 Å². The third-order valence-corrected chi connectivity index (χ3v) is 8.68. The van der Waals surface area contributed by atoms with Crippen molar-refractivity contribution in [2.45, 2.75) is 76.8 Å². The number of amides is 1. The number of aromatic nitrogens is 1. The number of rotatable bonds is 4. The molecule has 2 aliphatic carbocycles. The molecule has 2 aromatic rings. The molecule has 0 radical (unpaired) electrons. The number of anilines is 1. The molecule has 6 heteroatoms. The molecule has 3 aliphatic rings. The molecule has 156 valence electrons. The molecule has 2 aromatic heterocycles. The number of H-pyrrole nitrogens is 1. The Morgan fingerprint density at radius 2 is 1.97 bits per heavy atom. The highest BCUT2D eigenvalue weighted by molar-refractivity contribution is 7.23. The summed E-state index contributed by atoms with van der Waals surface area (Å²) in [5.41, 5.74) is 2.92. The van der Waals surface area contributed by atoms with Gasteiger partial charge in [0.15, 0.2) is 0 Å². The van der Waals surface area contributed by atoms with Gasteiger partial charge in [0.25, 0.3) is 0 Å². The Kier molecular flexibility index (Phi) is 4.44. The van der Waals surface area contributed by atoms with Crippen LogP contribution in [0.5, 0.6) is 0 Å². The predicted octanol–water partition coefficient (Wildman–Crippen LogP) is 5.06. The maximum Gasteiger partial charge on any atom is 0.230 e. The number of nitrogens with zero attached hydrogens (tertiary/aromatic N) is 1. The van der Waals surface area contributed by atoms with Gasteiger partial charge in [0.05, 0.1) is 32.2 Å². The fraction of sp³-hybridized carbons (Fsp3) is 0.652. The van der Waals surface area contributed by atoms with Gasteiger partial charge in [0, 0.05) is 19.0 Å². The van der Waals surface area contributed by atoms with Crippen LogP contribution in [-0.2, 0) is 4.79 Å². The van der Waals surface area contributed by atoms with Crippen LogP contribution in [0.3, 0.4) is 0 Å². The third kappa shape index (κ3) is 3.25. The maximum absolute atomic E-state index is 12.9. The summed E-state index contributed by atoms with van der Waals surface area (Å²) in [6.07, 6.45) is 9.01. The van der Waals surface area contributed by atoms with Crippen LogP contribution < -0.4 is 10.2 Å². The summed E-state index contributed by atoms with van der Waals surface area (Å²) in [6.45, 7) is 4.66. The van der Waals surface area contributed by atoms with E-state index >= 15 is 0 Å². The van der Waals surface area contributed by atoms with Gasteiger partial charge < -0.3 is 15.3 Å². The second kappa shape index (κ2) is 6.67. The normalized spacial score (nSPS) is 28.9. The zero-order valence-electron chi connectivity index (χ0n) is 17.7. The van der Waals surface area contributed by atoms with E-state index in [1.165, 1.54) is 19.3 Å². The molecule has 3 N–H and O–H groups in total. The van der Waals surface area contributed by atoms with E-state index in [1.54, 1.807) is 11.3 Å². The van der Waals surface area contributed by atoms with Gasteiger partial charge in [0.2, 0.25) is 5.91 Å². The van der Waals surface area contributed by atoms with E-state index in [-0.39, 0.29) is 17.4 Å². The van der Waals surface area contributed by atoms with Gasteiger partial charge in [0.1, 0.15) is 0 Å². The molecule has 1 amide bonds. The second-order valence-electron chi connectivity index (χ2n) is 10.2. The van der Waals surface area contributed by atoms with Gasteiger partial charge in [-0.3, -0.25) is 10.1 Å². The van der Waals surface area contributed by atoms with Gasteiger partial charge in [-0.15, -0.1) is 11.3 Å². The maximum atomic E-state index is 12.9. The number of nitrogens with one attached hydrogen (secondary N) is 3. The van der Waals surface area contributed by atoms with Gasteiger partial charge >= 0.3 is 0 Å². The first-order valence-electron chi connectivity index (χ1n) is 11.1. The quantitative estimate of drug-likeness (QED) is 0.484. The molecule has 0 aromatic carbocycles. The lowest BCUT2D eigenvalue weighted by atomic mass is 9.71. The van der Waals surface area contributed by atoms with Crippen molar-refractivity contribution < 1.29 is 4.79 Å². The molecule has 2 saturated carbocycles. The Labute approximate surface area is 176 Å². The number of aromatic amines is 1. The zero-order valence-corrected chi connectivity index (χ0v) is 18.5. The summed E-state index contributed by atoms with van der Waals surface area (Å²) in [6, 6.07) is 4.63. The van der Waals surface area contributed by atoms with Gasteiger partial charge in [-0.2, -0.15) is 0 Å². The topological polar surface area (TPSA) is 81.9 Å². The SMILES string of the molecule is CN(C(=O)C1CCCCC1)c1cc2[nH]c(C(=N)C34CCC(C)(C)CC3N4)cc2s1. The van der Waals surface area contributed by atoms with Crippen LogP contribution in [0, 0.1) is 16.7 Å². The van der Waals surface area contributed by atoms with Crippen LogP contribution in [0.4, 0.5) is 5.00 Å². The molecule has 29 heavy (non-hydrogen) atoms. The zero-order chi connectivity index (χ0) is 20.4. The van der Waals surface area contributed by atoms with Crippen LogP contribution in [-0.4, -0.2) is 35.2 Å². The van der Waals surface area contributed by atoms with Crippen LogP contribution in [0.1, 0.15) is 70.9 Å². The van der Waals surface area contributed by atoms with Crippen molar-refractivity contribution >= 4 is 38.2 Å². The summed E-state index contributed by atoms with van der Waals surface area (Å²) < 4.78 is 1.13. The molecule has 3 heterocycles. The van der Waals surface area contributed by atoms with E-state index in [9.17, 15) is 4.79 Å². The van der Waals surface area contributed by atoms with Gasteiger partial charge in [-0.1, -0.05) is 33.1 Å². The van der Waals surface area contributed by atoms with E-state index in [0.29, 0.717) is 17.2 Å². The molecule has 3 fully saturated rings. The Balaban J connectivity index is 1.32. The predicted molar refractivity (Wildman–Crippen MR) is 120 cm³/mol. The minimum atomic E-state index is -0.126. The first-order valence-corrected chi connectivity index (χ1v) is 11.9. The van der Waals surface area contributed by atoms with Crippen LogP contribution in [0.25, 0.3) is 10.2 Å². The van der Waals surface area contributed by atoms with Crippen LogP contribution in [0.15, 0.2) is 12.1 Å². The fourth-order valence-corrected chi connectivity index (χ4v) is 6.51. The standard InChI is InChI=1S/C23H32N4OS/c1-22(2)9-10-23(18(13-22)26-23)20(24)16-11-17-15(25-16)12-19(29-17)27(3)21(28)14-7-5-4-6-8-14/h11-12,14,18,24-26H,4-10,13H2,1-3H3. The number of thiophene rings is 1. The van der Waals surface area contributed by atoms with Crippen LogP contribution >= 0.6 is 11.3 Å². The van der Waals surface area contributed by atoms with Crippen molar-refractivity contribution in [2.75, 3.05) is 11.9 Å². The van der Waals surface area contributed by atoms with Crippen molar-refractivity contribution in [1.29, 1.82) is 5.41 Å². The van der Waals surface area contributed by atoms with Crippen LogP contribution in [0.2, 0.25) is 0 Å². The smallest absolute Gasteiger partial charge is 0.230 e. The van der Waals surface area contributed by atoms with Crippen molar-refractivity contribution in [3.05, 3.63) is 17.8 Å². The Hall–Kier alpha value is -1.66. The van der Waals surface area contributed by atoms with E-state index in [0.717, 1.165) is 53.0 Å². The number of hydrogen-bond acceptors (Lipinski definition) is 4. The molecule has 0 spiro atoms. The molecule has 2 atom stereocenters. The number of carbonyl (C=O) groups is 1. The molecule has 5 nitrogen and oxygen atoms in total. The lowest BCUT2D eigenvalue weighted by molar-refractivity contribution is -0.122. The lowest BCUT2D eigenvalue weighted by Crippen LogP contribution is -2.36. The number of fused-ring (bicyclic) bond motifs is 2. The van der Waals surface area contributed by atoms with E-state index < -0.39 is 0 Å². The summed E-state index contributed by atoms with van der Waals surface area (Å²) in [4.78, 5) is 18.2. The average molecular weight is 413 g/mol. The second-order valence-corrected chi connectivity index (χ2v) is 11.3. The lowest BCUT2D eigenvalue weighted by Gasteiger charge is -2.32. The van der Waals surface area contributed by atoms with Crippen molar-refractivity contribution in [1.82, 2.24) is 10.3 Å². The van der Waals surface area contributed by atoms with E-state index in [2.05, 4.69) is 36.3 Å². The van der Waals surface area contributed by atoms with E-state index in [1.807, 2.05) is 11.9 Å². The Morgan fingerprint density at radius 1 is 1.21 bits per heavy atom. The highest BCUT2D eigenvalue weighted by atomic mass is 32.1. The largest absolute Gasteiger partial charge is 0.353 e. The van der Waals surface area contributed by atoms with Crippen molar-refractivity contribution in [3.8, 4) is 0 Å². The molecule has 1 aliphatic heterocycles. The van der Waals surface area contributed by atoms with Gasteiger partial charge in [-0.05, 0) is 49.7 Å². The summed E-state index contributed by atoms with van der Waals surface area (Å²) in [7, 11) is 1.91. The first kappa shape index (κ1) is 19.3. The average Bonchev–Trinajstić information content (AvgIpc) is 3.06. The number of carbonyl (C=O) groups excluding carboxylic acids is 1. The highest BCUT2D eigenvalue weighted by Crippen LogP contribution is 2.50. The monoisotopic (exact) mass is 412 g/mol. The molecule has 0 bridgehead atoms. The van der Waals surface area contributed by atoms with E-state index in [4.69, 9.17) is 5.41 Å². The van der Waals surface area contributed by atoms with Crippen molar-refractivity contribution in [3.63, 3.8) is 0 Å². The Morgan fingerprint density at radius 3 is 2.66 bits per heavy atom. The summed E-state index contributed by atoms with van der Waals surface area (Å²) in [5.74, 6) is 0.445. The Bertz CT molecular complexity index is 935. The minimum absolute atomic E-state index is 0.126. The molecular formula is C23H32N4OS.